The average Bonchev–Trinajstić information content (AvgIpc) is 2.88. The van der Waals surface area contributed by atoms with E-state index in [1.54, 1.807) is 7.11 Å². The molecular formula is C15H23BrN2O. The van der Waals surface area contributed by atoms with Crippen molar-refractivity contribution in [2.75, 3.05) is 31.6 Å². The Bertz CT molecular complexity index is 411. The molecular weight excluding hydrogens is 304 g/mol. The molecule has 0 saturated carbocycles. The minimum atomic E-state index is 0.375. The molecule has 1 heterocycles. The van der Waals surface area contributed by atoms with Crippen LogP contribution in [0.4, 0.5) is 5.69 Å². The van der Waals surface area contributed by atoms with Gasteiger partial charge < -0.3 is 15.0 Å². The van der Waals surface area contributed by atoms with Crippen LogP contribution in [-0.4, -0.2) is 32.8 Å². The highest BCUT2D eigenvalue weighted by Crippen LogP contribution is 2.28. The maximum atomic E-state index is 5.46. The lowest BCUT2D eigenvalue weighted by atomic mass is 10.1. The minimum Gasteiger partial charge on any atom is -0.380 e. The van der Waals surface area contributed by atoms with E-state index in [1.807, 2.05) is 0 Å². The van der Waals surface area contributed by atoms with Crippen LogP contribution in [0.3, 0.4) is 0 Å². The number of anilines is 1. The lowest BCUT2D eigenvalue weighted by molar-refractivity contribution is 0.121. The molecule has 0 aromatic heterocycles. The number of ether oxygens (including phenoxy) is 1. The summed E-state index contributed by atoms with van der Waals surface area (Å²) in [5, 5.41) is 3.49. The van der Waals surface area contributed by atoms with Gasteiger partial charge in [-0.3, -0.25) is 0 Å². The Morgan fingerprint density at radius 3 is 3.00 bits per heavy atom. The van der Waals surface area contributed by atoms with E-state index in [1.165, 1.54) is 17.7 Å². The molecule has 1 aromatic carbocycles. The molecule has 0 bridgehead atoms. The number of methoxy groups -OCH3 is 1. The van der Waals surface area contributed by atoms with Gasteiger partial charge in [0.15, 0.2) is 0 Å². The van der Waals surface area contributed by atoms with E-state index in [0.717, 1.165) is 37.1 Å². The maximum Gasteiger partial charge on any atom is 0.0762 e. The summed E-state index contributed by atoms with van der Waals surface area (Å²) in [6, 6.07) is 6.56. The third-order valence-corrected chi connectivity index (χ3v) is 4.10. The van der Waals surface area contributed by atoms with E-state index in [4.69, 9.17) is 4.74 Å². The van der Waals surface area contributed by atoms with Crippen molar-refractivity contribution in [3.8, 4) is 0 Å². The van der Waals surface area contributed by atoms with Crippen LogP contribution in [0.1, 0.15) is 25.3 Å². The molecule has 19 heavy (non-hydrogen) atoms. The normalized spacial score (nSPS) is 19.1. The fourth-order valence-electron chi connectivity index (χ4n) is 2.54. The van der Waals surface area contributed by atoms with E-state index in [-0.39, 0.29) is 0 Å². The number of nitrogens with one attached hydrogen (secondary N) is 1. The molecule has 0 spiro atoms. The van der Waals surface area contributed by atoms with Crippen molar-refractivity contribution in [1.29, 1.82) is 0 Å². The minimum absolute atomic E-state index is 0.375. The molecule has 0 amide bonds. The highest BCUT2D eigenvalue weighted by molar-refractivity contribution is 9.10. The Balaban J connectivity index is 2.10. The smallest absolute Gasteiger partial charge is 0.0762 e. The molecule has 1 fully saturated rings. The Morgan fingerprint density at radius 2 is 2.32 bits per heavy atom. The number of benzene rings is 1. The van der Waals surface area contributed by atoms with Crippen molar-refractivity contribution in [2.45, 2.75) is 32.4 Å². The summed E-state index contributed by atoms with van der Waals surface area (Å²) in [6.07, 6.45) is 2.66. The van der Waals surface area contributed by atoms with Gasteiger partial charge >= 0.3 is 0 Å². The van der Waals surface area contributed by atoms with E-state index in [9.17, 15) is 0 Å². The van der Waals surface area contributed by atoms with E-state index >= 15 is 0 Å². The zero-order chi connectivity index (χ0) is 13.7. The molecule has 1 N–H and O–H groups in total. The Labute approximate surface area is 124 Å². The first-order valence-corrected chi connectivity index (χ1v) is 7.80. The number of nitrogens with zero attached hydrogens (tertiary/aromatic N) is 1. The largest absolute Gasteiger partial charge is 0.380 e. The van der Waals surface area contributed by atoms with Gasteiger partial charge in [-0.25, -0.2) is 0 Å². The van der Waals surface area contributed by atoms with Gasteiger partial charge in [0.1, 0.15) is 0 Å². The molecule has 1 aromatic rings. The van der Waals surface area contributed by atoms with Crippen LogP contribution in [0.15, 0.2) is 22.7 Å². The standard InChI is InChI=1S/C15H23BrN2O/c1-3-7-17-10-12-9-13(16)4-5-15(12)18-8-6-14(11-18)19-2/h4-5,9,14,17H,3,6-8,10-11H2,1-2H3. The van der Waals surface area contributed by atoms with E-state index in [0.29, 0.717) is 6.10 Å². The van der Waals surface area contributed by atoms with Gasteiger partial charge in [0.2, 0.25) is 0 Å². The Hall–Kier alpha value is -0.580. The van der Waals surface area contributed by atoms with Gasteiger partial charge in [-0.15, -0.1) is 0 Å². The monoisotopic (exact) mass is 326 g/mol. The van der Waals surface area contributed by atoms with E-state index < -0.39 is 0 Å². The highest BCUT2D eigenvalue weighted by atomic mass is 79.9. The van der Waals surface area contributed by atoms with E-state index in [2.05, 4.69) is 51.3 Å². The van der Waals surface area contributed by atoms with Gasteiger partial charge in [0, 0.05) is 36.9 Å². The number of hydrogen-bond acceptors (Lipinski definition) is 3. The summed E-state index contributed by atoms with van der Waals surface area (Å²) in [4.78, 5) is 2.43. The molecule has 4 heteroatoms. The molecule has 1 unspecified atom stereocenters. The number of halogens is 1. The molecule has 106 valence electrons. The summed E-state index contributed by atoms with van der Waals surface area (Å²) >= 11 is 3.57. The van der Waals surface area contributed by atoms with Crippen LogP contribution >= 0.6 is 15.9 Å². The predicted molar refractivity (Wildman–Crippen MR) is 83.8 cm³/mol. The van der Waals surface area contributed by atoms with Crippen molar-refractivity contribution in [2.24, 2.45) is 0 Å². The van der Waals surface area contributed by atoms with Gasteiger partial charge in [-0.05, 0) is 43.1 Å². The summed E-state index contributed by atoms with van der Waals surface area (Å²) in [6.45, 7) is 6.27. The third kappa shape index (κ3) is 3.94. The summed E-state index contributed by atoms with van der Waals surface area (Å²) in [7, 11) is 1.81. The topological polar surface area (TPSA) is 24.5 Å². The van der Waals surface area contributed by atoms with Crippen LogP contribution in [0.2, 0.25) is 0 Å². The Morgan fingerprint density at radius 1 is 1.47 bits per heavy atom. The quantitative estimate of drug-likeness (QED) is 0.812. The van der Waals surface area contributed by atoms with Crippen molar-refractivity contribution >= 4 is 21.6 Å². The fraction of sp³-hybridized carbons (Fsp3) is 0.600. The molecule has 1 aliphatic heterocycles. The van der Waals surface area contributed by atoms with Crippen LogP contribution in [0, 0.1) is 0 Å². The van der Waals surface area contributed by atoms with Crippen LogP contribution in [-0.2, 0) is 11.3 Å². The number of hydrogen-bond donors (Lipinski definition) is 1. The SMILES string of the molecule is CCCNCc1cc(Br)ccc1N1CCC(OC)C1. The average molecular weight is 327 g/mol. The van der Waals surface area contributed by atoms with Gasteiger partial charge in [0.05, 0.1) is 6.10 Å². The number of rotatable bonds is 6. The summed E-state index contributed by atoms with van der Waals surface area (Å²) < 4.78 is 6.60. The zero-order valence-corrected chi connectivity index (χ0v) is 13.4. The fourth-order valence-corrected chi connectivity index (χ4v) is 2.95. The lowest BCUT2D eigenvalue weighted by Crippen LogP contribution is -2.24. The second-order valence-corrected chi connectivity index (χ2v) is 5.96. The lowest BCUT2D eigenvalue weighted by Gasteiger charge is -2.22. The summed E-state index contributed by atoms with van der Waals surface area (Å²) in [5.41, 5.74) is 2.70. The second kappa shape index (κ2) is 7.27. The molecule has 0 radical (unpaired) electrons. The Kier molecular flexibility index (Phi) is 5.67. The first kappa shape index (κ1) is 14.8. The first-order chi connectivity index (χ1) is 9.24. The predicted octanol–water partition coefficient (Wildman–Crippen LogP) is 3.17. The molecule has 3 nitrogen and oxygen atoms in total. The molecule has 1 aliphatic rings. The van der Waals surface area contributed by atoms with Gasteiger partial charge in [-0.1, -0.05) is 22.9 Å². The van der Waals surface area contributed by atoms with Crippen molar-refractivity contribution in [3.63, 3.8) is 0 Å². The highest BCUT2D eigenvalue weighted by Gasteiger charge is 2.23. The van der Waals surface area contributed by atoms with Crippen molar-refractivity contribution in [1.82, 2.24) is 5.32 Å². The van der Waals surface area contributed by atoms with Crippen LogP contribution < -0.4 is 10.2 Å². The van der Waals surface area contributed by atoms with Crippen LogP contribution in [0.5, 0.6) is 0 Å². The molecule has 1 atom stereocenters. The second-order valence-electron chi connectivity index (χ2n) is 5.04. The zero-order valence-electron chi connectivity index (χ0n) is 11.8. The molecule has 1 saturated heterocycles. The first-order valence-electron chi connectivity index (χ1n) is 7.01. The summed E-state index contributed by atoms with van der Waals surface area (Å²) in [5.74, 6) is 0. The molecule has 2 rings (SSSR count). The van der Waals surface area contributed by atoms with Crippen molar-refractivity contribution < 1.29 is 4.74 Å². The van der Waals surface area contributed by atoms with Gasteiger partial charge in [-0.2, -0.15) is 0 Å². The maximum absolute atomic E-state index is 5.46. The molecule has 0 aliphatic carbocycles. The van der Waals surface area contributed by atoms with Crippen molar-refractivity contribution in [3.05, 3.63) is 28.2 Å². The van der Waals surface area contributed by atoms with Crippen LogP contribution in [0.25, 0.3) is 0 Å². The third-order valence-electron chi connectivity index (χ3n) is 3.60. The van der Waals surface area contributed by atoms with Gasteiger partial charge in [0.25, 0.3) is 0 Å².